The first-order valence-electron chi connectivity index (χ1n) is 6.42. The van der Waals surface area contributed by atoms with Crippen molar-refractivity contribution in [2.24, 2.45) is 0 Å². The third-order valence-corrected chi connectivity index (χ3v) is 3.16. The van der Waals surface area contributed by atoms with Gasteiger partial charge in [-0.1, -0.05) is 18.2 Å². The van der Waals surface area contributed by atoms with Gasteiger partial charge in [-0.25, -0.2) is 4.39 Å². The number of halogens is 1. The van der Waals surface area contributed by atoms with Gasteiger partial charge in [-0.3, -0.25) is 4.79 Å². The topological polar surface area (TPSA) is 41.1 Å². The van der Waals surface area contributed by atoms with Gasteiger partial charge in [0.25, 0.3) is 0 Å². The van der Waals surface area contributed by atoms with E-state index in [9.17, 15) is 9.18 Å². The number of aryl methyl sites for hydroxylation is 1. The van der Waals surface area contributed by atoms with E-state index < -0.39 is 0 Å². The molecular formula is C16H17FN2O. The van der Waals surface area contributed by atoms with E-state index in [2.05, 4.69) is 10.6 Å². The van der Waals surface area contributed by atoms with Crippen LogP contribution in [-0.2, 0) is 4.79 Å². The minimum Gasteiger partial charge on any atom is -0.376 e. The number of benzene rings is 2. The molecule has 20 heavy (non-hydrogen) atoms. The van der Waals surface area contributed by atoms with Crippen molar-refractivity contribution in [2.45, 2.75) is 13.8 Å². The van der Waals surface area contributed by atoms with Crippen LogP contribution < -0.4 is 10.6 Å². The number of nitrogens with one attached hydrogen (secondary N) is 2. The van der Waals surface area contributed by atoms with Crippen molar-refractivity contribution in [3.63, 3.8) is 0 Å². The van der Waals surface area contributed by atoms with Crippen molar-refractivity contribution < 1.29 is 9.18 Å². The van der Waals surface area contributed by atoms with Crippen LogP contribution in [0.3, 0.4) is 0 Å². The SMILES string of the molecule is Cc1cccc(NC(=O)CNc2cccc(F)c2)c1C. The molecule has 0 aliphatic heterocycles. The van der Waals surface area contributed by atoms with Gasteiger partial charge < -0.3 is 10.6 Å². The van der Waals surface area contributed by atoms with Gasteiger partial charge in [-0.2, -0.15) is 0 Å². The quantitative estimate of drug-likeness (QED) is 0.894. The summed E-state index contributed by atoms with van der Waals surface area (Å²) in [6, 6.07) is 11.8. The Morgan fingerprint density at radius 2 is 1.90 bits per heavy atom. The lowest BCUT2D eigenvalue weighted by Gasteiger charge is -2.11. The molecule has 0 heterocycles. The standard InChI is InChI=1S/C16H17FN2O/c1-11-5-3-8-15(12(11)2)19-16(20)10-18-14-7-4-6-13(17)9-14/h3-9,18H,10H2,1-2H3,(H,19,20). The van der Waals surface area contributed by atoms with Crippen LogP contribution in [0.15, 0.2) is 42.5 Å². The Balaban J connectivity index is 1.94. The molecule has 0 spiro atoms. The van der Waals surface area contributed by atoms with Gasteiger partial charge >= 0.3 is 0 Å². The molecule has 0 saturated carbocycles. The van der Waals surface area contributed by atoms with Gasteiger partial charge in [-0.15, -0.1) is 0 Å². The minimum absolute atomic E-state index is 0.0941. The molecule has 1 amide bonds. The van der Waals surface area contributed by atoms with Crippen molar-refractivity contribution in [1.82, 2.24) is 0 Å². The lowest BCUT2D eigenvalue weighted by atomic mass is 10.1. The number of amides is 1. The highest BCUT2D eigenvalue weighted by Crippen LogP contribution is 2.17. The fraction of sp³-hybridized carbons (Fsp3) is 0.188. The molecule has 2 aromatic carbocycles. The lowest BCUT2D eigenvalue weighted by Crippen LogP contribution is -2.22. The molecule has 4 heteroatoms. The Bertz CT molecular complexity index is 626. The van der Waals surface area contributed by atoms with Gasteiger partial charge in [-0.05, 0) is 49.2 Å². The maximum absolute atomic E-state index is 13.0. The summed E-state index contributed by atoms with van der Waals surface area (Å²) < 4.78 is 13.0. The number of carbonyl (C=O) groups excluding carboxylic acids is 1. The number of hydrogen-bond acceptors (Lipinski definition) is 2. The summed E-state index contributed by atoms with van der Waals surface area (Å²) >= 11 is 0. The largest absolute Gasteiger partial charge is 0.376 e. The van der Waals surface area contributed by atoms with E-state index in [4.69, 9.17) is 0 Å². The summed E-state index contributed by atoms with van der Waals surface area (Å²) in [5.74, 6) is -0.493. The predicted molar refractivity (Wildman–Crippen MR) is 79.4 cm³/mol. The highest BCUT2D eigenvalue weighted by molar-refractivity contribution is 5.94. The van der Waals surface area contributed by atoms with Crippen molar-refractivity contribution >= 4 is 17.3 Å². The van der Waals surface area contributed by atoms with E-state index in [1.54, 1.807) is 12.1 Å². The molecular weight excluding hydrogens is 255 g/mol. The van der Waals surface area contributed by atoms with Crippen molar-refractivity contribution in [1.29, 1.82) is 0 Å². The Kier molecular flexibility index (Phi) is 4.35. The van der Waals surface area contributed by atoms with Crippen LogP contribution in [-0.4, -0.2) is 12.5 Å². The highest BCUT2D eigenvalue weighted by atomic mass is 19.1. The Morgan fingerprint density at radius 3 is 2.65 bits per heavy atom. The smallest absolute Gasteiger partial charge is 0.243 e. The molecule has 104 valence electrons. The number of rotatable bonds is 4. The Hall–Kier alpha value is -2.36. The summed E-state index contributed by atoms with van der Waals surface area (Å²) in [7, 11) is 0. The summed E-state index contributed by atoms with van der Waals surface area (Å²) in [4.78, 5) is 11.9. The predicted octanol–water partition coefficient (Wildman–Crippen LogP) is 3.49. The average Bonchev–Trinajstić information content (AvgIpc) is 2.42. The molecule has 2 aromatic rings. The van der Waals surface area contributed by atoms with Crippen molar-refractivity contribution in [2.75, 3.05) is 17.2 Å². The van der Waals surface area contributed by atoms with Crippen LogP contribution in [0.1, 0.15) is 11.1 Å². The highest BCUT2D eigenvalue weighted by Gasteiger charge is 2.06. The molecule has 0 saturated heterocycles. The third-order valence-electron chi connectivity index (χ3n) is 3.16. The fourth-order valence-electron chi connectivity index (χ4n) is 1.86. The molecule has 0 unspecified atom stereocenters. The van der Waals surface area contributed by atoms with E-state index >= 15 is 0 Å². The maximum atomic E-state index is 13.0. The van der Waals surface area contributed by atoms with E-state index in [-0.39, 0.29) is 18.3 Å². The zero-order valence-electron chi connectivity index (χ0n) is 11.5. The minimum atomic E-state index is -0.329. The van der Waals surface area contributed by atoms with E-state index in [0.717, 1.165) is 16.8 Å². The number of carbonyl (C=O) groups is 1. The molecule has 2 rings (SSSR count). The maximum Gasteiger partial charge on any atom is 0.243 e. The number of anilines is 2. The van der Waals surface area contributed by atoms with Gasteiger partial charge in [0.15, 0.2) is 0 Å². The van der Waals surface area contributed by atoms with Crippen molar-refractivity contribution in [3.05, 3.63) is 59.4 Å². The summed E-state index contributed by atoms with van der Waals surface area (Å²) in [6.45, 7) is 4.05. The molecule has 0 aliphatic rings. The summed E-state index contributed by atoms with van der Waals surface area (Å²) in [5, 5.41) is 5.73. The fourth-order valence-corrected chi connectivity index (χ4v) is 1.86. The zero-order chi connectivity index (χ0) is 14.5. The van der Waals surface area contributed by atoms with Gasteiger partial charge in [0, 0.05) is 11.4 Å². The monoisotopic (exact) mass is 272 g/mol. The normalized spacial score (nSPS) is 10.2. The van der Waals surface area contributed by atoms with E-state index in [1.807, 2.05) is 32.0 Å². The van der Waals surface area contributed by atoms with Gasteiger partial charge in [0.05, 0.1) is 6.54 Å². The first-order valence-corrected chi connectivity index (χ1v) is 6.42. The van der Waals surface area contributed by atoms with Crippen LogP contribution in [0.2, 0.25) is 0 Å². The van der Waals surface area contributed by atoms with E-state index in [0.29, 0.717) is 5.69 Å². The molecule has 0 aliphatic carbocycles. The summed E-state index contributed by atoms with van der Waals surface area (Å²) in [5.41, 5.74) is 3.56. The van der Waals surface area contributed by atoms with Crippen LogP contribution in [0.25, 0.3) is 0 Å². The Morgan fingerprint density at radius 1 is 1.15 bits per heavy atom. The lowest BCUT2D eigenvalue weighted by molar-refractivity contribution is -0.114. The van der Waals surface area contributed by atoms with Crippen molar-refractivity contribution in [3.8, 4) is 0 Å². The second-order valence-corrected chi connectivity index (χ2v) is 4.66. The summed E-state index contributed by atoms with van der Waals surface area (Å²) in [6.07, 6.45) is 0. The second-order valence-electron chi connectivity index (χ2n) is 4.66. The molecule has 3 nitrogen and oxygen atoms in total. The van der Waals surface area contributed by atoms with Gasteiger partial charge in [0.1, 0.15) is 5.82 Å². The van der Waals surface area contributed by atoms with Gasteiger partial charge in [0.2, 0.25) is 5.91 Å². The molecule has 0 fully saturated rings. The second kappa shape index (κ2) is 6.19. The Labute approximate surface area is 117 Å². The molecule has 0 atom stereocenters. The molecule has 0 aromatic heterocycles. The number of hydrogen-bond donors (Lipinski definition) is 2. The molecule has 0 bridgehead atoms. The van der Waals surface area contributed by atoms with E-state index in [1.165, 1.54) is 12.1 Å². The first kappa shape index (κ1) is 14.1. The van der Waals surface area contributed by atoms with Crippen LogP contribution in [0.5, 0.6) is 0 Å². The van der Waals surface area contributed by atoms with Crippen LogP contribution in [0.4, 0.5) is 15.8 Å². The zero-order valence-corrected chi connectivity index (χ0v) is 11.5. The third kappa shape index (κ3) is 3.57. The average molecular weight is 272 g/mol. The molecule has 0 radical (unpaired) electrons. The molecule has 2 N–H and O–H groups in total. The van der Waals surface area contributed by atoms with Crippen LogP contribution in [0, 0.1) is 19.7 Å². The first-order chi connectivity index (χ1) is 9.56. The van der Waals surface area contributed by atoms with Crippen LogP contribution >= 0.6 is 0 Å².